The third kappa shape index (κ3) is 3.20. The Bertz CT molecular complexity index is 793. The number of piperidine rings is 1. The monoisotopic (exact) mass is 377 g/mol. The summed E-state index contributed by atoms with van der Waals surface area (Å²) >= 11 is 3.50. The standard InChI is InChI=1S/C17H19N3O3S2/c21-16(15-13-3-7-24-14(13)4-8-25-15)19-5-1-12(2-6-19)20-10-11(9-18-20)17(22)23/h3,7,9-10,12,15H,1-2,4-6,8H2,(H,22,23). The molecule has 4 heterocycles. The van der Waals surface area contributed by atoms with E-state index in [2.05, 4.69) is 16.5 Å². The summed E-state index contributed by atoms with van der Waals surface area (Å²) in [6, 6.07) is 2.26. The fourth-order valence-corrected chi connectivity index (χ4v) is 5.89. The minimum Gasteiger partial charge on any atom is -0.478 e. The van der Waals surface area contributed by atoms with Gasteiger partial charge in [0.1, 0.15) is 5.25 Å². The lowest BCUT2D eigenvalue weighted by Gasteiger charge is -2.35. The highest BCUT2D eigenvalue weighted by Gasteiger charge is 2.33. The molecule has 0 aromatic carbocycles. The zero-order chi connectivity index (χ0) is 17.4. The van der Waals surface area contributed by atoms with Crippen LogP contribution < -0.4 is 0 Å². The lowest BCUT2D eigenvalue weighted by Crippen LogP contribution is -2.41. The SMILES string of the molecule is O=C(O)c1cnn(C2CCN(C(=O)C3SCCc4sccc43)CC2)c1. The van der Waals surface area contributed by atoms with E-state index in [0.717, 1.165) is 25.0 Å². The maximum atomic E-state index is 13.0. The Morgan fingerprint density at radius 2 is 2.08 bits per heavy atom. The van der Waals surface area contributed by atoms with Gasteiger partial charge in [0, 0.05) is 24.2 Å². The first-order valence-electron chi connectivity index (χ1n) is 8.37. The molecule has 0 saturated carbocycles. The fraction of sp³-hybridized carbons (Fsp3) is 0.471. The maximum absolute atomic E-state index is 13.0. The molecule has 8 heteroatoms. The van der Waals surface area contributed by atoms with E-state index >= 15 is 0 Å². The number of aromatic carboxylic acids is 1. The van der Waals surface area contributed by atoms with Crippen LogP contribution in [0.4, 0.5) is 0 Å². The van der Waals surface area contributed by atoms with Crippen LogP contribution in [0.5, 0.6) is 0 Å². The summed E-state index contributed by atoms with van der Waals surface area (Å²) in [4.78, 5) is 27.3. The number of aromatic nitrogens is 2. The average Bonchev–Trinajstić information content (AvgIpc) is 3.30. The molecule has 132 valence electrons. The first-order valence-corrected chi connectivity index (χ1v) is 10.3. The van der Waals surface area contributed by atoms with Crippen LogP contribution >= 0.6 is 23.1 Å². The Morgan fingerprint density at radius 3 is 2.80 bits per heavy atom. The molecule has 1 N–H and O–H groups in total. The second kappa shape index (κ2) is 6.84. The van der Waals surface area contributed by atoms with E-state index in [0.29, 0.717) is 13.1 Å². The number of carboxylic acid groups (broad SMARTS) is 1. The second-order valence-corrected chi connectivity index (χ2v) is 8.58. The molecule has 4 rings (SSSR count). The third-order valence-corrected chi connectivity index (χ3v) is 7.12. The van der Waals surface area contributed by atoms with Crippen molar-refractivity contribution in [1.82, 2.24) is 14.7 Å². The molecular formula is C17H19N3O3S2. The molecule has 2 aromatic rings. The average molecular weight is 377 g/mol. The van der Waals surface area contributed by atoms with Crippen LogP contribution in [0, 0.1) is 0 Å². The number of likely N-dealkylation sites (tertiary alicyclic amines) is 1. The molecule has 2 aliphatic rings. The number of thiophene rings is 1. The van der Waals surface area contributed by atoms with Gasteiger partial charge in [0.15, 0.2) is 0 Å². The molecule has 6 nitrogen and oxygen atoms in total. The van der Waals surface area contributed by atoms with Crippen molar-refractivity contribution in [1.29, 1.82) is 0 Å². The van der Waals surface area contributed by atoms with Gasteiger partial charge in [0.2, 0.25) is 5.91 Å². The van der Waals surface area contributed by atoms with Crippen molar-refractivity contribution in [2.24, 2.45) is 0 Å². The maximum Gasteiger partial charge on any atom is 0.338 e. The molecule has 2 aromatic heterocycles. The number of aryl methyl sites for hydroxylation is 1. The summed E-state index contributed by atoms with van der Waals surface area (Å²) in [7, 11) is 0. The van der Waals surface area contributed by atoms with Crippen molar-refractivity contribution in [2.75, 3.05) is 18.8 Å². The van der Waals surface area contributed by atoms with Crippen LogP contribution in [0.3, 0.4) is 0 Å². The number of carbonyl (C=O) groups is 2. The van der Waals surface area contributed by atoms with Crippen LogP contribution in [0.1, 0.15) is 44.9 Å². The van der Waals surface area contributed by atoms with Gasteiger partial charge in [0.25, 0.3) is 0 Å². The lowest BCUT2D eigenvalue weighted by atomic mass is 10.0. The van der Waals surface area contributed by atoms with E-state index in [4.69, 9.17) is 5.11 Å². The molecule has 1 atom stereocenters. The summed E-state index contributed by atoms with van der Waals surface area (Å²) in [5.74, 6) is 0.264. The van der Waals surface area contributed by atoms with Crippen LogP contribution in [0.2, 0.25) is 0 Å². The third-order valence-electron chi connectivity index (χ3n) is 4.90. The fourth-order valence-electron chi connectivity index (χ4n) is 3.52. The molecule has 1 amide bonds. The Hall–Kier alpha value is -1.80. The molecule has 25 heavy (non-hydrogen) atoms. The number of carboxylic acids is 1. The van der Waals surface area contributed by atoms with Crippen LogP contribution in [-0.2, 0) is 11.2 Å². The zero-order valence-corrected chi connectivity index (χ0v) is 15.3. The van der Waals surface area contributed by atoms with E-state index in [1.807, 2.05) is 4.90 Å². The van der Waals surface area contributed by atoms with Crippen LogP contribution in [0.25, 0.3) is 0 Å². The van der Waals surface area contributed by atoms with Gasteiger partial charge in [-0.1, -0.05) is 0 Å². The van der Waals surface area contributed by atoms with Gasteiger partial charge in [-0.15, -0.1) is 23.1 Å². The molecule has 1 unspecified atom stereocenters. The first kappa shape index (κ1) is 16.7. The highest BCUT2D eigenvalue weighted by atomic mass is 32.2. The number of nitrogens with zero attached hydrogens (tertiary/aromatic N) is 3. The number of thioether (sulfide) groups is 1. The largest absolute Gasteiger partial charge is 0.478 e. The van der Waals surface area contributed by atoms with E-state index in [1.165, 1.54) is 16.6 Å². The Kier molecular flexibility index (Phi) is 4.56. The predicted octanol–water partition coefficient (Wildman–Crippen LogP) is 2.84. The molecule has 1 saturated heterocycles. The minimum absolute atomic E-state index is 0.0603. The molecule has 2 aliphatic heterocycles. The number of fused-ring (bicyclic) bond motifs is 1. The van der Waals surface area contributed by atoms with E-state index in [9.17, 15) is 9.59 Å². The van der Waals surface area contributed by atoms with Crippen molar-refractivity contribution in [3.05, 3.63) is 39.8 Å². The van der Waals surface area contributed by atoms with Gasteiger partial charge in [-0.2, -0.15) is 5.10 Å². The Balaban J connectivity index is 1.40. The van der Waals surface area contributed by atoms with Crippen molar-refractivity contribution in [2.45, 2.75) is 30.6 Å². The topological polar surface area (TPSA) is 75.4 Å². The Morgan fingerprint density at radius 1 is 1.28 bits per heavy atom. The van der Waals surface area contributed by atoms with E-state index in [-0.39, 0.29) is 22.8 Å². The molecule has 1 fully saturated rings. The summed E-state index contributed by atoms with van der Waals surface area (Å²) in [6.07, 6.45) is 5.64. The number of carbonyl (C=O) groups excluding carboxylic acids is 1. The molecular weight excluding hydrogens is 358 g/mol. The highest BCUT2D eigenvalue weighted by molar-refractivity contribution is 8.00. The second-order valence-electron chi connectivity index (χ2n) is 6.37. The number of hydrogen-bond acceptors (Lipinski definition) is 5. The number of amides is 1. The summed E-state index contributed by atoms with van der Waals surface area (Å²) in [6.45, 7) is 1.39. The summed E-state index contributed by atoms with van der Waals surface area (Å²) in [5, 5.41) is 15.2. The zero-order valence-electron chi connectivity index (χ0n) is 13.6. The summed E-state index contributed by atoms with van der Waals surface area (Å²) in [5.41, 5.74) is 1.41. The van der Waals surface area contributed by atoms with Gasteiger partial charge in [-0.25, -0.2) is 4.79 Å². The number of hydrogen-bond donors (Lipinski definition) is 1. The molecule has 0 aliphatic carbocycles. The quantitative estimate of drug-likeness (QED) is 0.890. The normalized spacial score (nSPS) is 21.1. The van der Waals surface area contributed by atoms with Gasteiger partial charge < -0.3 is 10.0 Å². The minimum atomic E-state index is -0.959. The van der Waals surface area contributed by atoms with E-state index < -0.39 is 5.97 Å². The van der Waals surface area contributed by atoms with E-state index in [1.54, 1.807) is 34.0 Å². The molecule has 0 bridgehead atoms. The number of rotatable bonds is 3. The van der Waals surface area contributed by atoms with Crippen LogP contribution in [-0.4, -0.2) is 50.5 Å². The predicted molar refractivity (Wildman–Crippen MR) is 97.3 cm³/mol. The van der Waals surface area contributed by atoms with Gasteiger partial charge in [0.05, 0.1) is 17.8 Å². The van der Waals surface area contributed by atoms with Crippen molar-refractivity contribution in [3.8, 4) is 0 Å². The molecule has 0 radical (unpaired) electrons. The smallest absolute Gasteiger partial charge is 0.338 e. The van der Waals surface area contributed by atoms with Gasteiger partial charge in [-0.3, -0.25) is 9.48 Å². The molecule has 0 spiro atoms. The van der Waals surface area contributed by atoms with Crippen molar-refractivity contribution >= 4 is 35.0 Å². The Labute approximate surface area is 153 Å². The highest BCUT2D eigenvalue weighted by Crippen LogP contribution is 2.41. The first-order chi connectivity index (χ1) is 12.1. The lowest BCUT2D eigenvalue weighted by molar-refractivity contribution is -0.132. The summed E-state index contributed by atoms with van der Waals surface area (Å²) < 4.78 is 1.73. The van der Waals surface area contributed by atoms with Crippen molar-refractivity contribution < 1.29 is 14.7 Å². The van der Waals surface area contributed by atoms with Crippen LogP contribution in [0.15, 0.2) is 23.8 Å². The van der Waals surface area contributed by atoms with Gasteiger partial charge >= 0.3 is 5.97 Å². The van der Waals surface area contributed by atoms with Crippen molar-refractivity contribution in [3.63, 3.8) is 0 Å². The van der Waals surface area contributed by atoms with Gasteiger partial charge in [-0.05, 0) is 42.0 Å².